The number of amides is 2. The van der Waals surface area contributed by atoms with Crippen LogP contribution in [0.3, 0.4) is 0 Å². The topological polar surface area (TPSA) is 96.0 Å². The first-order chi connectivity index (χ1) is 19.6. The van der Waals surface area contributed by atoms with Crippen molar-refractivity contribution in [1.29, 1.82) is 0 Å². The normalized spacial score (nSPS) is 11.9. The van der Waals surface area contributed by atoms with Gasteiger partial charge in [0.15, 0.2) is 0 Å². The molecule has 0 aliphatic carbocycles. The zero-order valence-electron chi connectivity index (χ0n) is 24.0. The lowest BCUT2D eigenvalue weighted by Gasteiger charge is -2.32. The number of carbonyl (C=O) groups excluding carboxylic acids is 2. The van der Waals surface area contributed by atoms with Crippen LogP contribution in [0.1, 0.15) is 44.7 Å². The van der Waals surface area contributed by atoms with Gasteiger partial charge in [0, 0.05) is 17.6 Å². The van der Waals surface area contributed by atoms with E-state index in [0.717, 1.165) is 32.7 Å². The Morgan fingerprint density at radius 3 is 2.29 bits per heavy atom. The Hall–Kier alpha value is -3.37. The Balaban J connectivity index is 1.99. The quantitative estimate of drug-likeness (QED) is 0.228. The number of aryl methyl sites for hydroxylation is 1. The fourth-order valence-electron chi connectivity index (χ4n) is 4.19. The van der Waals surface area contributed by atoms with Gasteiger partial charge in [0.05, 0.1) is 17.2 Å². The van der Waals surface area contributed by atoms with Crippen LogP contribution in [-0.2, 0) is 26.2 Å². The van der Waals surface area contributed by atoms with Crippen LogP contribution < -0.4 is 14.4 Å². The molecule has 0 aliphatic heterocycles. The molecule has 3 aromatic rings. The van der Waals surface area contributed by atoms with E-state index in [-0.39, 0.29) is 17.3 Å². The molecular weight excluding hydrogens is 606 g/mol. The van der Waals surface area contributed by atoms with E-state index in [9.17, 15) is 18.0 Å². The van der Waals surface area contributed by atoms with Crippen LogP contribution in [0.4, 0.5) is 5.69 Å². The molecule has 10 heteroatoms. The lowest BCUT2D eigenvalue weighted by Crippen LogP contribution is -2.51. The molecule has 2 amide bonds. The first-order valence-electron chi connectivity index (χ1n) is 13.7. The maximum atomic E-state index is 14.0. The van der Waals surface area contributed by atoms with E-state index in [1.807, 2.05) is 45.0 Å². The van der Waals surface area contributed by atoms with E-state index in [1.165, 1.54) is 17.0 Å². The van der Waals surface area contributed by atoms with Crippen molar-refractivity contribution in [2.75, 3.05) is 24.0 Å². The highest BCUT2D eigenvalue weighted by Gasteiger charge is 2.32. The molecular formula is C31H38BrN3O5S. The maximum Gasteiger partial charge on any atom is 0.264 e. The molecule has 3 aromatic carbocycles. The highest BCUT2D eigenvalue weighted by Crippen LogP contribution is 2.26. The third-order valence-corrected chi connectivity index (χ3v) is 8.84. The Morgan fingerprint density at radius 1 is 1.00 bits per heavy atom. The van der Waals surface area contributed by atoms with Gasteiger partial charge in [-0.25, -0.2) is 8.42 Å². The monoisotopic (exact) mass is 643 g/mol. The van der Waals surface area contributed by atoms with Crippen molar-refractivity contribution < 1.29 is 22.7 Å². The van der Waals surface area contributed by atoms with Crippen molar-refractivity contribution in [3.05, 3.63) is 88.4 Å². The van der Waals surface area contributed by atoms with Crippen molar-refractivity contribution >= 4 is 43.5 Å². The lowest BCUT2D eigenvalue weighted by atomic mass is 10.1. The Labute approximate surface area is 251 Å². The number of hydrogen-bond acceptors (Lipinski definition) is 5. The van der Waals surface area contributed by atoms with Crippen molar-refractivity contribution in [3.8, 4) is 5.75 Å². The average molecular weight is 645 g/mol. The number of carbonyl (C=O) groups is 2. The molecule has 0 aliphatic rings. The van der Waals surface area contributed by atoms with E-state index in [4.69, 9.17) is 4.74 Å². The Bertz CT molecular complexity index is 1410. The van der Waals surface area contributed by atoms with Crippen LogP contribution in [0, 0.1) is 6.92 Å². The maximum absolute atomic E-state index is 14.0. The van der Waals surface area contributed by atoms with Crippen LogP contribution in [-0.4, -0.2) is 50.9 Å². The summed E-state index contributed by atoms with van der Waals surface area (Å²) in [5, 5.41) is 2.89. The number of hydrogen-bond donors (Lipinski definition) is 1. The number of halogens is 1. The third-order valence-electron chi connectivity index (χ3n) is 6.56. The van der Waals surface area contributed by atoms with Gasteiger partial charge >= 0.3 is 0 Å². The van der Waals surface area contributed by atoms with Crippen molar-refractivity contribution in [2.45, 2.75) is 58.0 Å². The molecule has 220 valence electrons. The highest BCUT2D eigenvalue weighted by atomic mass is 79.9. The van der Waals surface area contributed by atoms with Crippen molar-refractivity contribution in [3.63, 3.8) is 0 Å². The number of sulfonamides is 1. The number of nitrogens with zero attached hydrogens (tertiary/aromatic N) is 2. The van der Waals surface area contributed by atoms with Crippen LogP contribution in [0.25, 0.3) is 0 Å². The van der Waals surface area contributed by atoms with E-state index in [2.05, 4.69) is 21.2 Å². The molecule has 0 saturated heterocycles. The number of ether oxygens (including phenoxy) is 1. The van der Waals surface area contributed by atoms with Crippen LogP contribution in [0.2, 0.25) is 0 Å². The first-order valence-corrected chi connectivity index (χ1v) is 15.9. The summed E-state index contributed by atoms with van der Waals surface area (Å²) >= 11 is 3.46. The Kier molecular flexibility index (Phi) is 11.8. The summed E-state index contributed by atoms with van der Waals surface area (Å²) in [5.74, 6) is -0.247. The molecule has 0 radical (unpaired) electrons. The molecule has 0 fully saturated rings. The summed E-state index contributed by atoms with van der Waals surface area (Å²) in [7, 11) is -4.15. The van der Waals surface area contributed by atoms with Crippen LogP contribution >= 0.6 is 15.9 Å². The van der Waals surface area contributed by atoms with Gasteiger partial charge in [0.25, 0.3) is 10.0 Å². The summed E-state index contributed by atoms with van der Waals surface area (Å²) in [6, 6.07) is 19.7. The predicted molar refractivity (Wildman–Crippen MR) is 165 cm³/mol. The summed E-state index contributed by atoms with van der Waals surface area (Å²) in [6.45, 7) is 8.04. The fourth-order valence-corrected chi connectivity index (χ4v) is 6.05. The number of unbranched alkanes of at least 4 members (excludes halogenated alkanes) is 1. The zero-order valence-corrected chi connectivity index (χ0v) is 26.4. The average Bonchev–Trinajstić information content (AvgIpc) is 2.95. The summed E-state index contributed by atoms with van der Waals surface area (Å²) < 4.78 is 35.3. The largest absolute Gasteiger partial charge is 0.494 e. The predicted octanol–water partition coefficient (Wildman–Crippen LogP) is 5.69. The highest BCUT2D eigenvalue weighted by molar-refractivity contribution is 9.10. The van der Waals surface area contributed by atoms with Gasteiger partial charge in [-0.15, -0.1) is 0 Å². The molecule has 0 heterocycles. The third kappa shape index (κ3) is 8.81. The second-order valence-corrected chi connectivity index (χ2v) is 12.5. The minimum Gasteiger partial charge on any atom is -0.494 e. The lowest BCUT2D eigenvalue weighted by molar-refractivity contribution is -0.139. The molecule has 1 N–H and O–H groups in total. The first kappa shape index (κ1) is 32.1. The fraction of sp³-hybridized carbons (Fsp3) is 0.355. The minimum absolute atomic E-state index is 0.0261. The van der Waals surface area contributed by atoms with Crippen molar-refractivity contribution in [1.82, 2.24) is 10.2 Å². The molecule has 3 rings (SSSR count). The van der Waals surface area contributed by atoms with Gasteiger partial charge in [-0.1, -0.05) is 59.1 Å². The van der Waals surface area contributed by atoms with Crippen LogP contribution in [0.5, 0.6) is 5.75 Å². The molecule has 41 heavy (non-hydrogen) atoms. The number of nitrogens with one attached hydrogen (secondary N) is 1. The summed E-state index contributed by atoms with van der Waals surface area (Å²) in [6.07, 6.45) is 1.74. The number of benzene rings is 3. The van der Waals surface area contributed by atoms with Gasteiger partial charge in [-0.3, -0.25) is 13.9 Å². The second-order valence-electron chi connectivity index (χ2n) is 9.72. The van der Waals surface area contributed by atoms with Gasteiger partial charge < -0.3 is 15.0 Å². The van der Waals surface area contributed by atoms with Gasteiger partial charge in [-0.2, -0.15) is 0 Å². The van der Waals surface area contributed by atoms with E-state index >= 15 is 0 Å². The molecule has 0 unspecified atom stereocenters. The molecule has 8 nitrogen and oxygen atoms in total. The molecule has 0 bridgehead atoms. The summed E-state index contributed by atoms with van der Waals surface area (Å²) in [5.41, 5.74) is 2.10. The van der Waals surface area contributed by atoms with Crippen LogP contribution in [0.15, 0.2) is 82.2 Å². The van der Waals surface area contributed by atoms with Gasteiger partial charge in [0.1, 0.15) is 18.3 Å². The van der Waals surface area contributed by atoms with E-state index in [0.29, 0.717) is 24.6 Å². The van der Waals surface area contributed by atoms with Crippen molar-refractivity contribution in [2.24, 2.45) is 0 Å². The molecule has 0 spiro atoms. The number of rotatable bonds is 14. The van der Waals surface area contributed by atoms with Gasteiger partial charge in [-0.05, 0) is 81.3 Å². The summed E-state index contributed by atoms with van der Waals surface area (Å²) in [4.78, 5) is 28.5. The molecule has 0 saturated carbocycles. The van der Waals surface area contributed by atoms with E-state index < -0.39 is 28.5 Å². The molecule has 0 aromatic heterocycles. The van der Waals surface area contributed by atoms with E-state index in [1.54, 1.807) is 43.3 Å². The Morgan fingerprint density at radius 2 is 1.68 bits per heavy atom. The van der Waals surface area contributed by atoms with Gasteiger partial charge in [0.2, 0.25) is 11.8 Å². The number of anilines is 1. The SMILES string of the molecule is CCCCNC(=O)[C@@H](C)N(Cc1cccc(Br)c1)C(=O)CN(c1ccc(C)cc1)S(=O)(=O)c1ccc(OCC)cc1. The molecule has 1 atom stereocenters. The zero-order chi connectivity index (χ0) is 30.0. The minimum atomic E-state index is -4.15. The standard InChI is InChI=1S/C31H38BrN3O5S/c1-5-7-19-33-31(37)24(4)34(21-25-9-8-10-26(32)20-25)30(36)22-35(27-13-11-23(3)12-14-27)41(38,39)29-17-15-28(16-18-29)40-6-2/h8-18,20,24H,5-7,19,21-22H2,1-4H3,(H,33,37)/t24-/m1/s1. The second kappa shape index (κ2) is 15.0. The smallest absolute Gasteiger partial charge is 0.264 e.